The van der Waals surface area contributed by atoms with Crippen molar-refractivity contribution >= 4 is 0 Å². The normalized spacial score (nSPS) is 10.6. The molecule has 0 radical (unpaired) electrons. The molecule has 0 atom stereocenters. The van der Waals surface area contributed by atoms with Gasteiger partial charge in [-0.1, -0.05) is 127 Å². The first-order valence-electron chi connectivity index (χ1n) is 19.7. The third-order valence-electron chi connectivity index (χ3n) is 9.29. The minimum Gasteiger partial charge on any atom is -0.457 e. The largest absolute Gasteiger partial charge is 0.457 e. The number of hydrogen-bond acceptors (Lipinski definition) is 7. The van der Waals surface area contributed by atoms with Gasteiger partial charge in [-0.3, -0.25) is 0 Å². The highest BCUT2D eigenvalue weighted by atomic mass is 16.6. The molecule has 0 N–H and O–H groups in total. The molecule has 0 amide bonds. The van der Waals surface area contributed by atoms with Gasteiger partial charge in [0.25, 0.3) is 0 Å². The van der Waals surface area contributed by atoms with E-state index in [4.69, 9.17) is 33.2 Å². The maximum atomic E-state index is 6.67. The van der Waals surface area contributed by atoms with Crippen molar-refractivity contribution in [2.24, 2.45) is 0 Å². The quantitative estimate of drug-likeness (QED) is 0.102. The van der Waals surface area contributed by atoms with E-state index in [1.807, 2.05) is 212 Å². The van der Waals surface area contributed by atoms with Crippen molar-refractivity contribution < 1.29 is 33.2 Å². The first-order valence-corrected chi connectivity index (χ1v) is 19.7. The van der Waals surface area contributed by atoms with Gasteiger partial charge in [0.15, 0.2) is 34.5 Å². The van der Waals surface area contributed by atoms with E-state index < -0.39 is 0 Å². The first kappa shape index (κ1) is 38.1. The van der Waals surface area contributed by atoms with Crippen LogP contribution in [0.5, 0.6) is 80.5 Å². The first-order chi connectivity index (χ1) is 30.2. The Hall–Kier alpha value is -8.42. The zero-order valence-corrected chi connectivity index (χ0v) is 32.8. The standard InChI is InChI=1S/C54H38O7/c1-4-19-39(20-5-1)46-29-10-11-30-47(46)60-50-33-14-15-34-51(50)61-53-36-18-35-52(56-41-23-8-3-9-24-41)54(53)59-45-28-17-27-44(38-45)58-49-32-13-12-31-48(49)57-43-26-16-25-42(37-43)55-40-21-6-2-7-22-40/h1-38H. The molecule has 0 aliphatic heterocycles. The Labute approximate surface area is 354 Å². The summed E-state index contributed by atoms with van der Waals surface area (Å²) in [5, 5.41) is 0. The lowest BCUT2D eigenvalue weighted by Crippen LogP contribution is -1.96. The van der Waals surface area contributed by atoms with E-state index in [2.05, 4.69) is 12.1 Å². The second kappa shape index (κ2) is 18.4. The van der Waals surface area contributed by atoms with Gasteiger partial charge >= 0.3 is 0 Å². The third kappa shape index (κ3) is 9.66. The van der Waals surface area contributed by atoms with Crippen LogP contribution in [-0.4, -0.2) is 0 Å². The second-order valence-corrected chi connectivity index (χ2v) is 13.6. The number of ether oxygens (including phenoxy) is 7. The monoisotopic (exact) mass is 798 g/mol. The summed E-state index contributed by atoms with van der Waals surface area (Å²) in [4.78, 5) is 0. The van der Waals surface area contributed by atoms with E-state index in [1.54, 1.807) is 6.07 Å². The lowest BCUT2D eigenvalue weighted by molar-refractivity contribution is 0.373. The molecule has 0 unspecified atom stereocenters. The van der Waals surface area contributed by atoms with Crippen molar-refractivity contribution in [3.63, 3.8) is 0 Å². The van der Waals surface area contributed by atoms with Crippen LogP contribution in [0.25, 0.3) is 11.1 Å². The van der Waals surface area contributed by atoms with Crippen molar-refractivity contribution in [1.29, 1.82) is 0 Å². The van der Waals surface area contributed by atoms with Crippen LogP contribution in [0.2, 0.25) is 0 Å². The van der Waals surface area contributed by atoms with Crippen LogP contribution in [0.1, 0.15) is 0 Å². The predicted molar refractivity (Wildman–Crippen MR) is 237 cm³/mol. The molecule has 7 nitrogen and oxygen atoms in total. The minimum atomic E-state index is 0.351. The summed E-state index contributed by atoms with van der Waals surface area (Å²) in [7, 11) is 0. The van der Waals surface area contributed by atoms with Crippen LogP contribution in [0.4, 0.5) is 0 Å². The smallest absolute Gasteiger partial charge is 0.212 e. The SMILES string of the molecule is c1ccc(Oc2cccc(Oc3ccccc3Oc3cccc(Oc4c(Oc5ccccc5)cccc4Oc4ccccc4Oc4ccccc4-c4ccccc4)c3)c2)cc1. The van der Waals surface area contributed by atoms with Gasteiger partial charge in [0.1, 0.15) is 40.2 Å². The molecule has 9 rings (SSSR count). The van der Waals surface area contributed by atoms with E-state index in [9.17, 15) is 0 Å². The molecule has 0 aliphatic carbocycles. The van der Waals surface area contributed by atoms with E-state index in [1.165, 1.54) is 0 Å². The zero-order chi connectivity index (χ0) is 41.1. The summed E-state index contributed by atoms with van der Waals surface area (Å²) in [6.45, 7) is 0. The summed E-state index contributed by atoms with van der Waals surface area (Å²) < 4.78 is 45.1. The summed E-state index contributed by atoms with van der Waals surface area (Å²) in [6.07, 6.45) is 0. The lowest BCUT2D eigenvalue weighted by Gasteiger charge is -2.19. The highest BCUT2D eigenvalue weighted by Gasteiger charge is 2.19. The summed E-state index contributed by atoms with van der Waals surface area (Å²) >= 11 is 0. The van der Waals surface area contributed by atoms with E-state index in [0.717, 1.165) is 16.9 Å². The number of hydrogen-bond donors (Lipinski definition) is 0. The van der Waals surface area contributed by atoms with Gasteiger partial charge < -0.3 is 33.2 Å². The Morgan fingerprint density at radius 2 is 0.525 bits per heavy atom. The molecular formula is C54H38O7. The summed E-state index contributed by atoms with van der Waals surface area (Å²) in [5.74, 6) is 7.56. The van der Waals surface area contributed by atoms with Gasteiger partial charge in [0, 0.05) is 17.7 Å². The fourth-order valence-electron chi connectivity index (χ4n) is 6.46. The molecule has 0 spiro atoms. The molecule has 296 valence electrons. The molecule has 0 saturated carbocycles. The lowest BCUT2D eigenvalue weighted by atomic mass is 10.0. The van der Waals surface area contributed by atoms with Gasteiger partial charge in [-0.15, -0.1) is 0 Å². The predicted octanol–water partition coefficient (Wildman–Crippen LogP) is 15.9. The Morgan fingerprint density at radius 1 is 0.197 bits per heavy atom. The van der Waals surface area contributed by atoms with Gasteiger partial charge in [-0.25, -0.2) is 0 Å². The van der Waals surface area contributed by atoms with E-state index >= 15 is 0 Å². The summed E-state index contributed by atoms with van der Waals surface area (Å²) in [5.41, 5.74) is 2.00. The van der Waals surface area contributed by atoms with Crippen LogP contribution in [0.3, 0.4) is 0 Å². The Bertz CT molecular complexity index is 2850. The van der Waals surface area contributed by atoms with Crippen LogP contribution in [0.15, 0.2) is 231 Å². The number of rotatable bonds is 15. The molecule has 9 aromatic rings. The van der Waals surface area contributed by atoms with Crippen LogP contribution in [-0.2, 0) is 0 Å². The fourth-order valence-corrected chi connectivity index (χ4v) is 6.46. The van der Waals surface area contributed by atoms with Crippen molar-refractivity contribution in [2.75, 3.05) is 0 Å². The van der Waals surface area contributed by atoms with Gasteiger partial charge in [0.05, 0.1) is 0 Å². The van der Waals surface area contributed by atoms with Crippen molar-refractivity contribution in [3.05, 3.63) is 231 Å². The second-order valence-electron chi connectivity index (χ2n) is 13.6. The maximum absolute atomic E-state index is 6.67. The minimum absolute atomic E-state index is 0.351. The van der Waals surface area contributed by atoms with Gasteiger partial charge in [-0.05, 0) is 96.6 Å². The van der Waals surface area contributed by atoms with E-state index in [-0.39, 0.29) is 0 Å². The third-order valence-corrected chi connectivity index (χ3v) is 9.29. The molecular weight excluding hydrogens is 761 g/mol. The number of benzene rings is 9. The average Bonchev–Trinajstić information content (AvgIpc) is 3.30. The van der Waals surface area contributed by atoms with Gasteiger partial charge in [-0.2, -0.15) is 0 Å². The molecule has 7 heteroatoms. The summed E-state index contributed by atoms with van der Waals surface area (Å²) in [6, 6.07) is 72.5. The maximum Gasteiger partial charge on any atom is 0.212 e. The topological polar surface area (TPSA) is 64.6 Å². The molecule has 61 heavy (non-hydrogen) atoms. The Kier molecular flexibility index (Phi) is 11.5. The number of para-hydroxylation sites is 8. The molecule has 0 saturated heterocycles. The van der Waals surface area contributed by atoms with Crippen molar-refractivity contribution in [1.82, 2.24) is 0 Å². The molecule has 9 aromatic carbocycles. The van der Waals surface area contributed by atoms with Gasteiger partial charge in [0.2, 0.25) is 5.75 Å². The molecule has 0 aliphatic rings. The molecule has 0 fully saturated rings. The molecule has 0 aromatic heterocycles. The fraction of sp³-hybridized carbons (Fsp3) is 0. The van der Waals surface area contributed by atoms with Crippen LogP contribution in [0, 0.1) is 0 Å². The highest BCUT2D eigenvalue weighted by molar-refractivity contribution is 5.71. The van der Waals surface area contributed by atoms with Crippen LogP contribution < -0.4 is 33.2 Å². The Balaban J connectivity index is 0.987. The Morgan fingerprint density at radius 3 is 1.08 bits per heavy atom. The van der Waals surface area contributed by atoms with E-state index in [0.29, 0.717) is 74.7 Å². The van der Waals surface area contributed by atoms with Crippen molar-refractivity contribution in [2.45, 2.75) is 0 Å². The van der Waals surface area contributed by atoms with Crippen LogP contribution >= 0.6 is 0 Å². The molecule has 0 heterocycles. The highest BCUT2D eigenvalue weighted by Crippen LogP contribution is 2.47. The molecule has 0 bridgehead atoms. The zero-order valence-electron chi connectivity index (χ0n) is 32.8. The average molecular weight is 799 g/mol. The van der Waals surface area contributed by atoms with Crippen molar-refractivity contribution in [3.8, 4) is 91.6 Å².